The first-order valence-corrected chi connectivity index (χ1v) is 8.99. The summed E-state index contributed by atoms with van der Waals surface area (Å²) in [4.78, 5) is 17.4. The van der Waals surface area contributed by atoms with Crippen LogP contribution in [0.5, 0.6) is 0 Å². The minimum absolute atomic E-state index is 0. The lowest BCUT2D eigenvalue weighted by Crippen LogP contribution is -2.34. The third-order valence-electron chi connectivity index (χ3n) is 5.60. The molecular formula is C21H26ClN3O. The second-order valence-electron chi connectivity index (χ2n) is 7.34. The molecule has 0 radical (unpaired) electrons. The number of anilines is 1. The van der Waals surface area contributed by atoms with Gasteiger partial charge in [-0.15, -0.1) is 12.4 Å². The smallest absolute Gasteiger partial charge is 0.254 e. The van der Waals surface area contributed by atoms with Gasteiger partial charge in [0.25, 0.3) is 5.91 Å². The van der Waals surface area contributed by atoms with Crippen molar-refractivity contribution in [1.82, 2.24) is 10.2 Å². The molecule has 2 aliphatic heterocycles. The van der Waals surface area contributed by atoms with Crippen LogP contribution in [-0.4, -0.2) is 44.5 Å². The number of halogens is 1. The predicted octanol–water partition coefficient (Wildman–Crippen LogP) is 3.21. The Balaban J connectivity index is 0.00000196. The Bertz CT molecular complexity index is 748. The minimum Gasteiger partial charge on any atom is -0.378 e. The lowest BCUT2D eigenvalue weighted by molar-refractivity contribution is 0.0714. The van der Waals surface area contributed by atoms with Gasteiger partial charge in [0.1, 0.15) is 0 Å². The highest BCUT2D eigenvalue weighted by molar-refractivity contribution is 5.95. The molecule has 0 saturated carbocycles. The molecule has 3 atom stereocenters. The predicted molar refractivity (Wildman–Crippen MR) is 108 cm³/mol. The van der Waals surface area contributed by atoms with Crippen molar-refractivity contribution in [3.05, 3.63) is 65.7 Å². The van der Waals surface area contributed by atoms with Crippen molar-refractivity contribution in [3.63, 3.8) is 0 Å². The average Bonchev–Trinajstić information content (AvgIpc) is 3.22. The molecule has 5 heteroatoms. The molecule has 138 valence electrons. The second kappa shape index (κ2) is 7.68. The SMILES string of the molecule is CN(C)c1ccc(C(=O)N2C[C@@H]3CNC[C@@H]3[C@@H]2c2ccccc2)cc1.Cl. The van der Waals surface area contributed by atoms with E-state index in [1.165, 1.54) is 5.56 Å². The molecule has 4 nitrogen and oxygen atoms in total. The van der Waals surface area contributed by atoms with Crippen molar-refractivity contribution in [1.29, 1.82) is 0 Å². The molecule has 2 saturated heterocycles. The normalized spacial score (nSPS) is 24.1. The first-order chi connectivity index (χ1) is 12.1. The van der Waals surface area contributed by atoms with Crippen LogP contribution < -0.4 is 10.2 Å². The number of carbonyl (C=O) groups excluding carboxylic acids is 1. The van der Waals surface area contributed by atoms with Crippen LogP contribution in [0.15, 0.2) is 54.6 Å². The number of nitrogens with zero attached hydrogens (tertiary/aromatic N) is 2. The number of benzene rings is 2. The van der Waals surface area contributed by atoms with Gasteiger partial charge < -0.3 is 15.1 Å². The number of rotatable bonds is 3. The molecular weight excluding hydrogens is 346 g/mol. The van der Waals surface area contributed by atoms with Gasteiger partial charge in [-0.1, -0.05) is 30.3 Å². The molecule has 2 aromatic carbocycles. The number of likely N-dealkylation sites (tertiary alicyclic amines) is 1. The maximum absolute atomic E-state index is 13.2. The number of carbonyl (C=O) groups is 1. The van der Waals surface area contributed by atoms with Crippen LogP contribution in [0.2, 0.25) is 0 Å². The fraction of sp³-hybridized carbons (Fsp3) is 0.381. The minimum atomic E-state index is 0. The third-order valence-corrected chi connectivity index (χ3v) is 5.60. The molecule has 4 rings (SSSR count). The van der Waals surface area contributed by atoms with Gasteiger partial charge >= 0.3 is 0 Å². The lowest BCUT2D eigenvalue weighted by Gasteiger charge is -2.28. The van der Waals surface area contributed by atoms with Crippen molar-refractivity contribution in [2.75, 3.05) is 38.6 Å². The molecule has 2 aromatic rings. The van der Waals surface area contributed by atoms with Gasteiger partial charge in [0.2, 0.25) is 0 Å². The summed E-state index contributed by atoms with van der Waals surface area (Å²) < 4.78 is 0. The molecule has 26 heavy (non-hydrogen) atoms. The van der Waals surface area contributed by atoms with Crippen molar-refractivity contribution < 1.29 is 4.79 Å². The van der Waals surface area contributed by atoms with Gasteiger partial charge in [0, 0.05) is 50.9 Å². The van der Waals surface area contributed by atoms with Crippen molar-refractivity contribution >= 4 is 24.0 Å². The number of hydrogen-bond donors (Lipinski definition) is 1. The highest BCUT2D eigenvalue weighted by Crippen LogP contribution is 2.43. The summed E-state index contributed by atoms with van der Waals surface area (Å²) in [6.07, 6.45) is 0. The monoisotopic (exact) mass is 371 g/mol. The van der Waals surface area contributed by atoms with Crippen LogP contribution >= 0.6 is 12.4 Å². The van der Waals surface area contributed by atoms with E-state index in [-0.39, 0.29) is 24.4 Å². The van der Waals surface area contributed by atoms with Crippen LogP contribution in [-0.2, 0) is 0 Å². The van der Waals surface area contributed by atoms with Crippen molar-refractivity contribution in [3.8, 4) is 0 Å². The van der Waals surface area contributed by atoms with Crippen LogP contribution in [0.4, 0.5) is 5.69 Å². The summed E-state index contributed by atoms with van der Waals surface area (Å²) in [7, 11) is 4.02. The second-order valence-corrected chi connectivity index (χ2v) is 7.34. The largest absolute Gasteiger partial charge is 0.378 e. The van der Waals surface area contributed by atoms with E-state index in [4.69, 9.17) is 0 Å². The molecule has 0 aromatic heterocycles. The highest BCUT2D eigenvalue weighted by atomic mass is 35.5. The Morgan fingerprint density at radius 1 is 1.04 bits per heavy atom. The van der Waals surface area contributed by atoms with E-state index >= 15 is 0 Å². The molecule has 0 spiro atoms. The van der Waals surface area contributed by atoms with Crippen molar-refractivity contribution in [2.45, 2.75) is 6.04 Å². The van der Waals surface area contributed by atoms with Gasteiger partial charge in [-0.3, -0.25) is 4.79 Å². The van der Waals surface area contributed by atoms with E-state index in [1.54, 1.807) is 0 Å². The Morgan fingerprint density at radius 2 is 1.73 bits per heavy atom. The first kappa shape index (κ1) is 18.7. The maximum atomic E-state index is 13.2. The zero-order valence-electron chi connectivity index (χ0n) is 15.3. The fourth-order valence-corrected chi connectivity index (χ4v) is 4.27. The molecule has 2 aliphatic rings. The standard InChI is InChI=1S/C21H25N3O.ClH/c1-23(2)18-10-8-16(9-11-18)21(25)24-14-17-12-22-13-19(17)20(24)15-6-4-3-5-7-15;/h3-11,17,19-20,22H,12-14H2,1-2H3;1H/t17-,19-,20-;/m0./s1. The van der Waals surface area contributed by atoms with E-state index in [2.05, 4.69) is 34.5 Å². The number of fused-ring (bicyclic) bond motifs is 1. The summed E-state index contributed by atoms with van der Waals surface area (Å²) in [5.74, 6) is 1.20. The number of hydrogen-bond acceptors (Lipinski definition) is 3. The Morgan fingerprint density at radius 3 is 2.38 bits per heavy atom. The molecule has 1 N–H and O–H groups in total. The summed E-state index contributed by atoms with van der Waals surface area (Å²) in [6, 6.07) is 18.6. The quantitative estimate of drug-likeness (QED) is 0.899. The summed E-state index contributed by atoms with van der Waals surface area (Å²) >= 11 is 0. The first-order valence-electron chi connectivity index (χ1n) is 8.99. The molecule has 0 aliphatic carbocycles. The van der Waals surface area contributed by atoms with Gasteiger partial charge in [0.05, 0.1) is 6.04 Å². The van der Waals surface area contributed by atoms with E-state index in [1.807, 2.05) is 49.3 Å². The molecule has 1 amide bonds. The molecule has 0 unspecified atom stereocenters. The van der Waals surface area contributed by atoms with E-state index < -0.39 is 0 Å². The number of amides is 1. The Hall–Kier alpha value is -2.04. The van der Waals surface area contributed by atoms with Gasteiger partial charge in [-0.2, -0.15) is 0 Å². The van der Waals surface area contributed by atoms with Crippen LogP contribution in [0.1, 0.15) is 22.0 Å². The zero-order valence-corrected chi connectivity index (χ0v) is 16.1. The zero-order chi connectivity index (χ0) is 17.4. The van der Waals surface area contributed by atoms with Crippen LogP contribution in [0.25, 0.3) is 0 Å². The molecule has 2 fully saturated rings. The van der Waals surface area contributed by atoms with Crippen LogP contribution in [0, 0.1) is 11.8 Å². The lowest BCUT2D eigenvalue weighted by atomic mass is 9.89. The van der Waals surface area contributed by atoms with E-state index in [0.717, 1.165) is 30.9 Å². The molecule has 2 heterocycles. The van der Waals surface area contributed by atoms with Crippen LogP contribution in [0.3, 0.4) is 0 Å². The number of nitrogens with one attached hydrogen (secondary N) is 1. The summed E-state index contributed by atoms with van der Waals surface area (Å²) in [5.41, 5.74) is 3.13. The topological polar surface area (TPSA) is 35.6 Å². The average molecular weight is 372 g/mol. The third kappa shape index (κ3) is 3.31. The van der Waals surface area contributed by atoms with Gasteiger partial charge in [-0.05, 0) is 35.7 Å². The van der Waals surface area contributed by atoms with Crippen molar-refractivity contribution in [2.24, 2.45) is 11.8 Å². The van der Waals surface area contributed by atoms with E-state index in [0.29, 0.717) is 11.8 Å². The summed E-state index contributed by atoms with van der Waals surface area (Å²) in [6.45, 7) is 2.84. The van der Waals surface area contributed by atoms with Gasteiger partial charge in [-0.25, -0.2) is 0 Å². The highest BCUT2D eigenvalue weighted by Gasteiger charge is 2.46. The Kier molecular flexibility index (Phi) is 5.54. The summed E-state index contributed by atoms with van der Waals surface area (Å²) in [5, 5.41) is 3.50. The fourth-order valence-electron chi connectivity index (χ4n) is 4.27. The van der Waals surface area contributed by atoms with E-state index in [9.17, 15) is 4.79 Å². The Labute approximate surface area is 161 Å². The van der Waals surface area contributed by atoms with Gasteiger partial charge in [0.15, 0.2) is 0 Å². The molecule has 0 bridgehead atoms. The maximum Gasteiger partial charge on any atom is 0.254 e.